The molecule has 1 aliphatic heterocycles. The molecule has 1 aliphatic rings. The normalized spacial score (nSPS) is 19.5. The Bertz CT molecular complexity index is 761. The first kappa shape index (κ1) is 15.0. The average Bonchev–Trinajstić information content (AvgIpc) is 2.50. The molecule has 7 heteroatoms. The van der Waals surface area contributed by atoms with Crippen LogP contribution >= 0.6 is 0 Å². The number of fused-ring (bicyclic) bond motifs is 1. The third-order valence-corrected chi connectivity index (χ3v) is 4.10. The number of alkyl halides is 3. The summed E-state index contributed by atoms with van der Waals surface area (Å²) in [7, 11) is 1.57. The number of benzene rings is 1. The monoisotopic (exact) mass is 311 g/mol. The minimum absolute atomic E-state index is 0.00448. The fourth-order valence-electron chi connectivity index (χ4n) is 2.90. The number of rotatable bonds is 1. The van der Waals surface area contributed by atoms with E-state index in [2.05, 4.69) is 10.3 Å². The van der Waals surface area contributed by atoms with E-state index in [9.17, 15) is 18.0 Å². The predicted octanol–water partition coefficient (Wildman–Crippen LogP) is 2.42. The fourth-order valence-corrected chi connectivity index (χ4v) is 2.90. The lowest BCUT2D eigenvalue weighted by atomic mass is 9.98. The van der Waals surface area contributed by atoms with Crippen molar-refractivity contribution in [2.24, 2.45) is 7.05 Å². The summed E-state index contributed by atoms with van der Waals surface area (Å²) in [6, 6.07) is 3.13. The molecule has 0 amide bonds. The molecule has 4 nitrogen and oxygen atoms in total. The summed E-state index contributed by atoms with van der Waals surface area (Å²) in [4.78, 5) is 16.8. The molecule has 0 saturated carbocycles. The molecule has 1 aromatic carbocycles. The smallest absolute Gasteiger partial charge is 0.316 e. The van der Waals surface area contributed by atoms with Gasteiger partial charge >= 0.3 is 6.18 Å². The van der Waals surface area contributed by atoms with Gasteiger partial charge in [0.1, 0.15) is 5.82 Å². The van der Waals surface area contributed by atoms with E-state index in [-0.39, 0.29) is 11.3 Å². The summed E-state index contributed by atoms with van der Waals surface area (Å²) >= 11 is 0. The Morgan fingerprint density at radius 3 is 2.77 bits per heavy atom. The van der Waals surface area contributed by atoms with Crippen molar-refractivity contribution in [2.45, 2.75) is 24.9 Å². The Balaban J connectivity index is 2.15. The van der Waals surface area contributed by atoms with Gasteiger partial charge in [0, 0.05) is 19.5 Å². The quantitative estimate of drug-likeness (QED) is 0.880. The van der Waals surface area contributed by atoms with Crippen LogP contribution in [0.5, 0.6) is 0 Å². The van der Waals surface area contributed by atoms with Gasteiger partial charge in [-0.2, -0.15) is 13.2 Å². The molecular formula is C15H16F3N3O. The highest BCUT2D eigenvalue weighted by Gasteiger charge is 2.31. The zero-order chi connectivity index (χ0) is 15.9. The van der Waals surface area contributed by atoms with Gasteiger partial charge in [0.05, 0.1) is 16.5 Å². The number of nitrogens with one attached hydrogen (secondary N) is 1. The van der Waals surface area contributed by atoms with Crippen LogP contribution in [0.4, 0.5) is 13.2 Å². The summed E-state index contributed by atoms with van der Waals surface area (Å²) in [5.74, 6) is 0.739. The molecular weight excluding hydrogens is 295 g/mol. The summed E-state index contributed by atoms with van der Waals surface area (Å²) in [6.45, 7) is 1.67. The van der Waals surface area contributed by atoms with Crippen molar-refractivity contribution in [3.05, 3.63) is 39.9 Å². The maximum absolute atomic E-state index is 12.8. The molecule has 1 N–H and O–H groups in total. The van der Waals surface area contributed by atoms with Crippen molar-refractivity contribution in [3.8, 4) is 0 Å². The highest BCUT2D eigenvalue weighted by molar-refractivity contribution is 5.78. The van der Waals surface area contributed by atoms with Crippen molar-refractivity contribution in [1.29, 1.82) is 0 Å². The third-order valence-electron chi connectivity index (χ3n) is 4.10. The first-order chi connectivity index (χ1) is 10.4. The maximum atomic E-state index is 12.8. The van der Waals surface area contributed by atoms with Crippen molar-refractivity contribution in [1.82, 2.24) is 14.9 Å². The van der Waals surface area contributed by atoms with E-state index < -0.39 is 17.3 Å². The van der Waals surface area contributed by atoms with Crippen LogP contribution in [0.1, 0.15) is 30.1 Å². The van der Waals surface area contributed by atoms with E-state index in [4.69, 9.17) is 0 Å². The van der Waals surface area contributed by atoms with Gasteiger partial charge in [-0.3, -0.25) is 9.36 Å². The Morgan fingerprint density at radius 2 is 2.14 bits per heavy atom. The van der Waals surface area contributed by atoms with Gasteiger partial charge < -0.3 is 5.32 Å². The zero-order valence-electron chi connectivity index (χ0n) is 12.1. The van der Waals surface area contributed by atoms with Gasteiger partial charge in [-0.25, -0.2) is 4.98 Å². The minimum Gasteiger partial charge on any atom is -0.316 e. The fraction of sp³-hybridized carbons (Fsp3) is 0.467. The average molecular weight is 311 g/mol. The Morgan fingerprint density at radius 1 is 1.36 bits per heavy atom. The molecule has 1 aromatic heterocycles. The first-order valence-electron chi connectivity index (χ1n) is 7.16. The number of hydrogen-bond acceptors (Lipinski definition) is 3. The van der Waals surface area contributed by atoms with Gasteiger partial charge in [-0.1, -0.05) is 0 Å². The number of aromatic nitrogens is 2. The molecule has 22 heavy (non-hydrogen) atoms. The van der Waals surface area contributed by atoms with Gasteiger partial charge in [-0.15, -0.1) is 0 Å². The van der Waals surface area contributed by atoms with Crippen LogP contribution < -0.4 is 10.9 Å². The summed E-state index contributed by atoms with van der Waals surface area (Å²) in [6.07, 6.45) is -2.56. The van der Waals surface area contributed by atoms with Crippen LogP contribution in [0, 0.1) is 0 Å². The standard InChI is InChI=1S/C15H16F3N3O/c1-21-13(9-3-2-6-19-8-9)20-12-5-4-10(15(16,17)18)7-11(12)14(21)22/h4-5,7,9,19H,2-3,6,8H2,1H3/t9-/m1/s1. The molecule has 0 aliphatic carbocycles. The molecule has 2 heterocycles. The molecule has 1 saturated heterocycles. The molecule has 118 valence electrons. The van der Waals surface area contributed by atoms with Crippen LogP contribution in [-0.2, 0) is 13.2 Å². The van der Waals surface area contributed by atoms with Gasteiger partial charge in [-0.05, 0) is 37.6 Å². The largest absolute Gasteiger partial charge is 0.416 e. The van der Waals surface area contributed by atoms with Gasteiger partial charge in [0.25, 0.3) is 5.56 Å². The molecule has 1 atom stereocenters. The molecule has 2 aromatic rings. The summed E-state index contributed by atoms with van der Waals surface area (Å²) in [5.41, 5.74) is -0.945. The van der Waals surface area contributed by atoms with E-state index in [0.29, 0.717) is 11.3 Å². The van der Waals surface area contributed by atoms with Crippen LogP contribution in [0.2, 0.25) is 0 Å². The predicted molar refractivity (Wildman–Crippen MR) is 76.8 cm³/mol. The topological polar surface area (TPSA) is 46.9 Å². The Hall–Kier alpha value is -1.89. The van der Waals surface area contributed by atoms with Gasteiger partial charge in [0.2, 0.25) is 0 Å². The lowest BCUT2D eigenvalue weighted by Gasteiger charge is -2.24. The molecule has 0 bridgehead atoms. The number of nitrogens with zero attached hydrogens (tertiary/aromatic N) is 2. The van der Waals surface area contributed by atoms with Crippen LogP contribution in [0.3, 0.4) is 0 Å². The lowest BCUT2D eigenvalue weighted by Crippen LogP contribution is -2.33. The lowest BCUT2D eigenvalue weighted by molar-refractivity contribution is -0.137. The zero-order valence-corrected chi connectivity index (χ0v) is 12.1. The van der Waals surface area contributed by atoms with Crippen molar-refractivity contribution in [2.75, 3.05) is 13.1 Å². The summed E-state index contributed by atoms with van der Waals surface area (Å²) < 4.78 is 39.7. The van der Waals surface area contributed by atoms with Crippen molar-refractivity contribution < 1.29 is 13.2 Å². The van der Waals surface area contributed by atoms with Crippen molar-refractivity contribution >= 4 is 10.9 Å². The van der Waals surface area contributed by atoms with E-state index in [1.165, 1.54) is 10.6 Å². The van der Waals surface area contributed by atoms with Crippen LogP contribution in [0.25, 0.3) is 10.9 Å². The second-order valence-electron chi connectivity index (χ2n) is 5.61. The van der Waals surface area contributed by atoms with E-state index in [1.807, 2.05) is 0 Å². The van der Waals surface area contributed by atoms with E-state index in [0.717, 1.165) is 38.1 Å². The van der Waals surface area contributed by atoms with Crippen LogP contribution in [-0.4, -0.2) is 22.6 Å². The van der Waals surface area contributed by atoms with Crippen molar-refractivity contribution in [3.63, 3.8) is 0 Å². The molecule has 3 rings (SSSR count). The van der Waals surface area contributed by atoms with E-state index in [1.54, 1.807) is 7.05 Å². The highest BCUT2D eigenvalue weighted by atomic mass is 19.4. The molecule has 0 radical (unpaired) electrons. The Labute approximate surface area is 125 Å². The van der Waals surface area contributed by atoms with Crippen LogP contribution in [0.15, 0.2) is 23.0 Å². The number of piperidine rings is 1. The second kappa shape index (κ2) is 5.39. The highest BCUT2D eigenvalue weighted by Crippen LogP contribution is 2.31. The number of hydrogen-bond donors (Lipinski definition) is 1. The molecule has 0 spiro atoms. The van der Waals surface area contributed by atoms with E-state index >= 15 is 0 Å². The molecule has 0 unspecified atom stereocenters. The third kappa shape index (κ3) is 2.61. The van der Waals surface area contributed by atoms with Gasteiger partial charge in [0.15, 0.2) is 0 Å². The number of halogens is 3. The maximum Gasteiger partial charge on any atom is 0.416 e. The minimum atomic E-state index is -4.47. The SMILES string of the molecule is Cn1c([C@@H]2CCCNC2)nc2ccc(C(F)(F)F)cc2c1=O. The summed E-state index contributed by atoms with van der Waals surface area (Å²) in [5, 5.41) is 3.26. The first-order valence-corrected chi connectivity index (χ1v) is 7.16. The Kier molecular flexibility index (Phi) is 3.68. The second-order valence-corrected chi connectivity index (χ2v) is 5.61. The molecule has 1 fully saturated rings.